The highest BCUT2D eigenvalue weighted by atomic mass is 35.5. The highest BCUT2D eigenvalue weighted by Crippen LogP contribution is 2.27. The molecule has 0 fully saturated rings. The van der Waals surface area contributed by atoms with Gasteiger partial charge in [-0.05, 0) is 42.0 Å². The second kappa shape index (κ2) is 9.78. The first-order chi connectivity index (χ1) is 14.7. The normalized spacial score (nSPS) is 10.9. The number of halogens is 2. The smallest absolute Gasteiger partial charge is 0.191 e. The second-order valence-corrected chi connectivity index (χ2v) is 7.98. The van der Waals surface area contributed by atoms with Crippen LogP contribution in [0.15, 0.2) is 84.0 Å². The Labute approximate surface area is 183 Å². The lowest BCUT2D eigenvalue weighted by molar-refractivity contribution is 0.344. The molecule has 1 aromatic heterocycles. The number of nitrogens with zero attached hydrogens (tertiary/aromatic N) is 3. The van der Waals surface area contributed by atoms with Crippen LogP contribution in [0.3, 0.4) is 0 Å². The molecule has 0 radical (unpaired) electrons. The van der Waals surface area contributed by atoms with Gasteiger partial charge in [0, 0.05) is 11.3 Å². The highest BCUT2D eigenvalue weighted by molar-refractivity contribution is 7.99. The molecule has 0 unspecified atom stereocenters. The Bertz CT molecular complexity index is 1100. The van der Waals surface area contributed by atoms with Gasteiger partial charge in [0.25, 0.3) is 0 Å². The fraction of sp³-hybridized carbons (Fsp3) is 0.130. The quantitative estimate of drug-likeness (QED) is 0.251. The summed E-state index contributed by atoms with van der Waals surface area (Å²) in [6.45, 7) is 1.10. The number of hydrogen-bond acceptors (Lipinski definition) is 4. The van der Waals surface area contributed by atoms with Gasteiger partial charge in [-0.25, -0.2) is 4.39 Å². The minimum Gasteiger partial charge on any atom is -0.491 e. The van der Waals surface area contributed by atoms with Crippen molar-refractivity contribution in [3.8, 4) is 17.1 Å². The Morgan fingerprint density at radius 1 is 0.900 bits per heavy atom. The second-order valence-electron chi connectivity index (χ2n) is 6.51. The maximum absolute atomic E-state index is 13.4. The summed E-state index contributed by atoms with van der Waals surface area (Å²) in [4.78, 5) is 0. The van der Waals surface area contributed by atoms with E-state index in [1.165, 1.54) is 12.1 Å². The van der Waals surface area contributed by atoms with Gasteiger partial charge in [-0.15, -0.1) is 10.2 Å². The summed E-state index contributed by atoms with van der Waals surface area (Å²) < 4.78 is 21.2. The van der Waals surface area contributed by atoms with Crippen LogP contribution in [-0.4, -0.2) is 27.1 Å². The third-order valence-corrected chi connectivity index (χ3v) is 5.65. The molecule has 3 aromatic carbocycles. The van der Waals surface area contributed by atoms with Crippen molar-refractivity contribution < 1.29 is 9.13 Å². The van der Waals surface area contributed by atoms with Crippen LogP contribution in [0.2, 0.25) is 5.02 Å². The van der Waals surface area contributed by atoms with E-state index in [0.29, 0.717) is 35.5 Å². The van der Waals surface area contributed by atoms with Gasteiger partial charge < -0.3 is 4.74 Å². The summed E-state index contributed by atoms with van der Waals surface area (Å²) >= 11 is 7.69. The average molecular weight is 440 g/mol. The minimum atomic E-state index is -0.279. The van der Waals surface area contributed by atoms with E-state index >= 15 is 0 Å². The number of thioether (sulfide) groups is 1. The minimum absolute atomic E-state index is 0.279. The number of para-hydroxylation sites is 1. The number of benzene rings is 3. The summed E-state index contributed by atoms with van der Waals surface area (Å²) in [6.07, 6.45) is 0. The molecular formula is C23H19ClFN3OS. The number of aromatic nitrogens is 3. The lowest BCUT2D eigenvalue weighted by Gasteiger charge is -2.11. The molecule has 1 heterocycles. The van der Waals surface area contributed by atoms with E-state index in [4.69, 9.17) is 16.3 Å². The van der Waals surface area contributed by atoms with Crippen molar-refractivity contribution in [2.75, 3.05) is 12.4 Å². The monoisotopic (exact) mass is 439 g/mol. The fourth-order valence-corrected chi connectivity index (χ4v) is 3.91. The molecule has 0 atom stereocenters. The van der Waals surface area contributed by atoms with E-state index in [-0.39, 0.29) is 5.82 Å². The van der Waals surface area contributed by atoms with Gasteiger partial charge in [-0.1, -0.05) is 65.8 Å². The predicted molar refractivity (Wildman–Crippen MR) is 119 cm³/mol. The molecule has 0 aliphatic rings. The molecule has 0 amide bonds. The van der Waals surface area contributed by atoms with Crippen LogP contribution >= 0.6 is 23.4 Å². The predicted octanol–water partition coefficient (Wildman–Crippen LogP) is 5.96. The Morgan fingerprint density at radius 2 is 1.63 bits per heavy atom. The van der Waals surface area contributed by atoms with Crippen molar-refractivity contribution in [2.24, 2.45) is 0 Å². The molecule has 0 aliphatic carbocycles. The van der Waals surface area contributed by atoms with Crippen LogP contribution in [0.25, 0.3) is 11.4 Å². The summed E-state index contributed by atoms with van der Waals surface area (Å²) in [7, 11) is 0. The van der Waals surface area contributed by atoms with Gasteiger partial charge in [0.05, 0.1) is 18.2 Å². The number of hydrogen-bond donors (Lipinski definition) is 0. The third kappa shape index (κ3) is 5.01. The van der Waals surface area contributed by atoms with Gasteiger partial charge >= 0.3 is 0 Å². The first kappa shape index (κ1) is 20.4. The van der Waals surface area contributed by atoms with Crippen molar-refractivity contribution in [1.82, 2.24) is 14.8 Å². The molecule has 0 bridgehead atoms. The molecule has 4 nitrogen and oxygen atoms in total. The molecule has 4 rings (SSSR count). The maximum atomic E-state index is 13.4. The van der Waals surface area contributed by atoms with Crippen LogP contribution in [0.1, 0.15) is 5.56 Å². The van der Waals surface area contributed by atoms with Crippen LogP contribution < -0.4 is 4.74 Å². The Hall–Kier alpha value is -2.83. The van der Waals surface area contributed by atoms with E-state index in [9.17, 15) is 4.39 Å². The maximum Gasteiger partial charge on any atom is 0.191 e. The van der Waals surface area contributed by atoms with Gasteiger partial charge in [0.1, 0.15) is 11.6 Å². The standard InChI is InChI=1S/C23H19ClFN3OS/c24-20-8-4-5-9-21(20)29-14-15-30-23-27-26-22(18-10-12-19(25)13-11-18)28(23)16-17-6-2-1-3-7-17/h1-13H,14-16H2. The SMILES string of the molecule is Fc1ccc(-c2nnc(SCCOc3ccccc3Cl)n2Cc2ccccc2)cc1. The molecule has 0 spiro atoms. The zero-order chi connectivity index (χ0) is 20.8. The van der Waals surface area contributed by atoms with Crippen molar-refractivity contribution in [2.45, 2.75) is 11.7 Å². The van der Waals surface area contributed by atoms with Crippen molar-refractivity contribution in [1.29, 1.82) is 0 Å². The molecule has 0 saturated carbocycles. The zero-order valence-electron chi connectivity index (χ0n) is 16.0. The summed E-state index contributed by atoms with van der Waals surface area (Å²) in [5.74, 6) is 1.77. The van der Waals surface area contributed by atoms with Crippen LogP contribution in [0.4, 0.5) is 4.39 Å². The zero-order valence-corrected chi connectivity index (χ0v) is 17.6. The average Bonchev–Trinajstić information content (AvgIpc) is 3.16. The first-order valence-corrected chi connectivity index (χ1v) is 10.8. The highest BCUT2D eigenvalue weighted by Gasteiger charge is 2.15. The summed E-state index contributed by atoms with van der Waals surface area (Å²) in [6, 6.07) is 23.8. The van der Waals surface area contributed by atoms with Crippen LogP contribution in [0.5, 0.6) is 5.75 Å². The first-order valence-electron chi connectivity index (χ1n) is 9.44. The van der Waals surface area contributed by atoms with E-state index in [0.717, 1.165) is 16.3 Å². The van der Waals surface area contributed by atoms with Crippen LogP contribution in [0, 0.1) is 5.82 Å². The Balaban J connectivity index is 1.51. The third-order valence-electron chi connectivity index (χ3n) is 4.41. The molecule has 4 aromatic rings. The van der Waals surface area contributed by atoms with Crippen molar-refractivity contribution in [3.63, 3.8) is 0 Å². The molecular weight excluding hydrogens is 421 g/mol. The largest absolute Gasteiger partial charge is 0.491 e. The summed E-state index contributed by atoms with van der Waals surface area (Å²) in [5, 5.41) is 10.1. The van der Waals surface area contributed by atoms with E-state index in [1.807, 2.05) is 41.0 Å². The molecule has 0 saturated heterocycles. The number of ether oxygens (including phenoxy) is 1. The van der Waals surface area contributed by atoms with Crippen molar-refractivity contribution in [3.05, 3.63) is 95.3 Å². The van der Waals surface area contributed by atoms with Gasteiger partial charge in [-0.2, -0.15) is 0 Å². The Kier molecular flexibility index (Phi) is 6.67. The lowest BCUT2D eigenvalue weighted by atomic mass is 10.2. The molecule has 30 heavy (non-hydrogen) atoms. The van der Waals surface area contributed by atoms with Gasteiger partial charge in [-0.3, -0.25) is 4.57 Å². The van der Waals surface area contributed by atoms with E-state index in [1.54, 1.807) is 30.0 Å². The van der Waals surface area contributed by atoms with Crippen molar-refractivity contribution >= 4 is 23.4 Å². The van der Waals surface area contributed by atoms with Gasteiger partial charge in [0.15, 0.2) is 11.0 Å². The molecule has 0 N–H and O–H groups in total. The van der Waals surface area contributed by atoms with E-state index in [2.05, 4.69) is 22.3 Å². The van der Waals surface area contributed by atoms with E-state index < -0.39 is 0 Å². The molecule has 7 heteroatoms. The van der Waals surface area contributed by atoms with Crippen LogP contribution in [-0.2, 0) is 6.54 Å². The summed E-state index contributed by atoms with van der Waals surface area (Å²) in [5.41, 5.74) is 1.95. The lowest BCUT2D eigenvalue weighted by Crippen LogP contribution is -2.06. The molecule has 152 valence electrons. The fourth-order valence-electron chi connectivity index (χ4n) is 2.96. The topological polar surface area (TPSA) is 39.9 Å². The molecule has 0 aliphatic heterocycles. The number of rotatable bonds is 8. The van der Waals surface area contributed by atoms with Gasteiger partial charge in [0.2, 0.25) is 0 Å². The Morgan fingerprint density at radius 3 is 2.40 bits per heavy atom.